The van der Waals surface area contributed by atoms with Crippen LogP contribution in [-0.2, 0) is 6.42 Å². The molecule has 0 aliphatic carbocycles. The Labute approximate surface area is 146 Å². The van der Waals surface area contributed by atoms with Gasteiger partial charge in [-0.3, -0.25) is 9.69 Å². The standard InChI is InChI=1S/C19H21N3OS/c1-2-15-5-7-16(8-6-15)17(14-20)21-9-11-22(12-10-21)19(23)18-4-3-13-24-18/h3-8,13,17H,2,9-12H2,1H3. The fraction of sp³-hybridized carbons (Fsp3) is 0.368. The number of carbonyl (C=O) groups excluding carboxylic acids is 1. The summed E-state index contributed by atoms with van der Waals surface area (Å²) in [6, 6.07) is 14.2. The zero-order valence-electron chi connectivity index (χ0n) is 13.8. The normalized spacial score (nSPS) is 16.6. The maximum atomic E-state index is 12.4. The van der Waals surface area contributed by atoms with Crippen LogP contribution in [0.4, 0.5) is 0 Å². The van der Waals surface area contributed by atoms with Gasteiger partial charge in [0.2, 0.25) is 0 Å². The lowest BCUT2D eigenvalue weighted by molar-refractivity contribution is 0.0611. The molecule has 3 rings (SSSR count). The van der Waals surface area contributed by atoms with Gasteiger partial charge in [-0.1, -0.05) is 37.3 Å². The van der Waals surface area contributed by atoms with Crippen molar-refractivity contribution in [2.24, 2.45) is 0 Å². The maximum absolute atomic E-state index is 12.4. The molecular formula is C19H21N3OS. The lowest BCUT2D eigenvalue weighted by atomic mass is 10.0. The number of amides is 1. The maximum Gasteiger partial charge on any atom is 0.264 e. The number of carbonyl (C=O) groups is 1. The van der Waals surface area contributed by atoms with E-state index in [1.807, 2.05) is 22.4 Å². The summed E-state index contributed by atoms with van der Waals surface area (Å²) in [5.74, 6) is 0.102. The van der Waals surface area contributed by atoms with E-state index < -0.39 is 0 Å². The zero-order valence-corrected chi connectivity index (χ0v) is 14.6. The predicted octanol–water partition coefficient (Wildman–Crippen LogP) is 3.33. The number of aryl methyl sites for hydroxylation is 1. The first-order valence-corrected chi connectivity index (χ1v) is 9.16. The number of nitrogens with zero attached hydrogens (tertiary/aromatic N) is 3. The summed E-state index contributed by atoms with van der Waals surface area (Å²) >= 11 is 1.48. The Kier molecular flexibility index (Phi) is 5.29. The van der Waals surface area contributed by atoms with Crippen LogP contribution in [0.5, 0.6) is 0 Å². The lowest BCUT2D eigenvalue weighted by Crippen LogP contribution is -2.49. The third kappa shape index (κ3) is 3.50. The number of thiophene rings is 1. The van der Waals surface area contributed by atoms with E-state index in [9.17, 15) is 10.1 Å². The fourth-order valence-electron chi connectivity index (χ4n) is 3.04. The van der Waals surface area contributed by atoms with E-state index in [0.29, 0.717) is 13.1 Å². The monoisotopic (exact) mass is 339 g/mol. The number of hydrogen-bond acceptors (Lipinski definition) is 4. The summed E-state index contributed by atoms with van der Waals surface area (Å²) < 4.78 is 0. The molecule has 1 saturated heterocycles. The first-order valence-electron chi connectivity index (χ1n) is 8.28. The highest BCUT2D eigenvalue weighted by atomic mass is 32.1. The van der Waals surface area contributed by atoms with Crippen LogP contribution in [0.15, 0.2) is 41.8 Å². The molecule has 124 valence electrons. The third-order valence-electron chi connectivity index (χ3n) is 4.52. The van der Waals surface area contributed by atoms with E-state index in [0.717, 1.165) is 30.0 Å². The summed E-state index contributed by atoms with van der Waals surface area (Å²) in [4.78, 5) is 17.2. The Morgan fingerprint density at radius 3 is 2.46 bits per heavy atom. The largest absolute Gasteiger partial charge is 0.335 e. The summed E-state index contributed by atoms with van der Waals surface area (Å²) in [5.41, 5.74) is 2.31. The highest BCUT2D eigenvalue weighted by Gasteiger charge is 2.27. The first-order chi connectivity index (χ1) is 11.7. The molecule has 0 spiro atoms. The van der Waals surface area contributed by atoms with Crippen LogP contribution in [0.3, 0.4) is 0 Å². The molecule has 0 bridgehead atoms. The lowest BCUT2D eigenvalue weighted by Gasteiger charge is -2.36. The molecule has 5 heteroatoms. The molecular weight excluding hydrogens is 318 g/mol. The van der Waals surface area contributed by atoms with Crippen molar-refractivity contribution in [3.05, 3.63) is 57.8 Å². The van der Waals surface area contributed by atoms with E-state index in [1.54, 1.807) is 0 Å². The van der Waals surface area contributed by atoms with Gasteiger partial charge in [-0.2, -0.15) is 5.26 Å². The van der Waals surface area contributed by atoms with Gasteiger partial charge >= 0.3 is 0 Å². The highest BCUT2D eigenvalue weighted by molar-refractivity contribution is 7.12. The molecule has 1 amide bonds. The summed E-state index contributed by atoms with van der Waals surface area (Å²) in [6.07, 6.45) is 1.00. The molecule has 0 N–H and O–H groups in total. The molecule has 1 aromatic carbocycles. The second-order valence-corrected chi connectivity index (χ2v) is 6.88. The Balaban J connectivity index is 1.64. The Morgan fingerprint density at radius 2 is 1.92 bits per heavy atom. The van der Waals surface area contributed by atoms with E-state index in [1.165, 1.54) is 16.9 Å². The predicted molar refractivity (Wildman–Crippen MR) is 96.0 cm³/mol. The van der Waals surface area contributed by atoms with Gasteiger partial charge in [0.1, 0.15) is 6.04 Å². The van der Waals surface area contributed by atoms with Gasteiger partial charge in [-0.05, 0) is 29.0 Å². The van der Waals surface area contributed by atoms with Gasteiger partial charge in [0.15, 0.2) is 0 Å². The van der Waals surface area contributed by atoms with Crippen molar-refractivity contribution in [1.82, 2.24) is 9.80 Å². The van der Waals surface area contributed by atoms with Crippen molar-refractivity contribution in [1.29, 1.82) is 5.26 Å². The molecule has 0 radical (unpaired) electrons. The van der Waals surface area contributed by atoms with Crippen molar-refractivity contribution in [3.63, 3.8) is 0 Å². The van der Waals surface area contributed by atoms with Gasteiger partial charge in [0.25, 0.3) is 5.91 Å². The molecule has 1 aliphatic heterocycles. The second-order valence-electron chi connectivity index (χ2n) is 5.93. The molecule has 1 unspecified atom stereocenters. The number of nitriles is 1. The van der Waals surface area contributed by atoms with Crippen molar-refractivity contribution < 1.29 is 4.79 Å². The van der Waals surface area contributed by atoms with Crippen LogP contribution >= 0.6 is 11.3 Å². The van der Waals surface area contributed by atoms with Crippen LogP contribution in [-0.4, -0.2) is 41.9 Å². The fourth-order valence-corrected chi connectivity index (χ4v) is 3.73. The topological polar surface area (TPSA) is 47.3 Å². The smallest absolute Gasteiger partial charge is 0.264 e. The number of benzene rings is 1. The Morgan fingerprint density at radius 1 is 1.21 bits per heavy atom. The van der Waals surface area contributed by atoms with Crippen LogP contribution in [0.1, 0.15) is 33.8 Å². The quantitative estimate of drug-likeness (QED) is 0.858. The number of hydrogen-bond donors (Lipinski definition) is 0. The minimum Gasteiger partial charge on any atom is -0.335 e. The van der Waals surface area contributed by atoms with Gasteiger partial charge in [0, 0.05) is 26.2 Å². The molecule has 24 heavy (non-hydrogen) atoms. The van der Waals surface area contributed by atoms with E-state index in [4.69, 9.17) is 0 Å². The Hall–Kier alpha value is -2.16. The van der Waals surface area contributed by atoms with Crippen LogP contribution in [0.2, 0.25) is 0 Å². The van der Waals surface area contributed by atoms with Crippen molar-refractivity contribution in [2.45, 2.75) is 19.4 Å². The number of piperazine rings is 1. The van der Waals surface area contributed by atoms with Gasteiger partial charge in [-0.15, -0.1) is 11.3 Å². The molecule has 0 saturated carbocycles. The average Bonchev–Trinajstić information content (AvgIpc) is 3.17. The SMILES string of the molecule is CCc1ccc(C(C#N)N2CCN(C(=O)c3cccs3)CC2)cc1. The third-order valence-corrected chi connectivity index (χ3v) is 5.38. The molecule has 2 aromatic rings. The van der Waals surface area contributed by atoms with Crippen molar-refractivity contribution in [2.75, 3.05) is 26.2 Å². The first kappa shape index (κ1) is 16.7. The van der Waals surface area contributed by atoms with Crippen LogP contribution in [0, 0.1) is 11.3 Å². The molecule has 1 aliphatic rings. The second kappa shape index (κ2) is 7.61. The minimum atomic E-state index is -0.241. The molecule has 2 heterocycles. The van der Waals surface area contributed by atoms with E-state index in [-0.39, 0.29) is 11.9 Å². The van der Waals surface area contributed by atoms with E-state index >= 15 is 0 Å². The van der Waals surface area contributed by atoms with Gasteiger partial charge in [0.05, 0.1) is 10.9 Å². The van der Waals surface area contributed by atoms with Crippen molar-refractivity contribution in [3.8, 4) is 6.07 Å². The summed E-state index contributed by atoms with van der Waals surface area (Å²) in [6.45, 7) is 4.92. The minimum absolute atomic E-state index is 0.102. The van der Waals surface area contributed by atoms with Crippen molar-refractivity contribution >= 4 is 17.2 Å². The highest BCUT2D eigenvalue weighted by Crippen LogP contribution is 2.23. The van der Waals surface area contributed by atoms with Gasteiger partial charge < -0.3 is 4.90 Å². The molecule has 1 atom stereocenters. The Bertz CT molecular complexity index is 710. The van der Waals surface area contributed by atoms with Crippen LogP contribution in [0.25, 0.3) is 0 Å². The molecule has 1 fully saturated rings. The average molecular weight is 339 g/mol. The molecule has 1 aromatic heterocycles. The summed E-state index contributed by atoms with van der Waals surface area (Å²) in [5, 5.41) is 11.5. The van der Waals surface area contributed by atoms with Crippen LogP contribution < -0.4 is 0 Å². The zero-order chi connectivity index (χ0) is 16.9. The van der Waals surface area contributed by atoms with Gasteiger partial charge in [-0.25, -0.2) is 0 Å². The van der Waals surface area contributed by atoms with E-state index in [2.05, 4.69) is 42.2 Å². The summed E-state index contributed by atoms with van der Waals surface area (Å²) in [7, 11) is 0. The molecule has 4 nitrogen and oxygen atoms in total. The number of rotatable bonds is 4.